The molecule has 0 atom stereocenters. The SMILES string of the molecule is CCCN(CC)c1n[nH]c(N)n1. The van der Waals surface area contributed by atoms with Crippen LogP contribution in [0.5, 0.6) is 0 Å². The highest BCUT2D eigenvalue weighted by molar-refractivity contribution is 5.33. The summed E-state index contributed by atoms with van der Waals surface area (Å²) in [5.41, 5.74) is 5.41. The van der Waals surface area contributed by atoms with Crippen LogP contribution in [0.4, 0.5) is 11.9 Å². The summed E-state index contributed by atoms with van der Waals surface area (Å²) in [6.45, 7) is 6.07. The van der Waals surface area contributed by atoms with E-state index in [1.165, 1.54) is 0 Å². The van der Waals surface area contributed by atoms with E-state index in [4.69, 9.17) is 5.73 Å². The number of nitrogens with two attached hydrogens (primary N) is 1. The summed E-state index contributed by atoms with van der Waals surface area (Å²) in [6.07, 6.45) is 1.09. The zero-order chi connectivity index (χ0) is 8.97. The van der Waals surface area contributed by atoms with Gasteiger partial charge in [0.2, 0.25) is 11.9 Å². The van der Waals surface area contributed by atoms with Gasteiger partial charge >= 0.3 is 0 Å². The topological polar surface area (TPSA) is 70.8 Å². The molecular formula is C7H15N5. The molecule has 0 aliphatic rings. The molecule has 1 heterocycles. The van der Waals surface area contributed by atoms with E-state index >= 15 is 0 Å². The van der Waals surface area contributed by atoms with E-state index in [0.29, 0.717) is 11.9 Å². The Morgan fingerprint density at radius 2 is 2.25 bits per heavy atom. The second kappa shape index (κ2) is 3.94. The molecule has 0 unspecified atom stereocenters. The van der Waals surface area contributed by atoms with Gasteiger partial charge in [0.15, 0.2) is 0 Å². The Labute approximate surface area is 72.0 Å². The van der Waals surface area contributed by atoms with Crippen molar-refractivity contribution in [1.82, 2.24) is 15.2 Å². The third kappa shape index (κ3) is 1.87. The van der Waals surface area contributed by atoms with Gasteiger partial charge in [-0.2, -0.15) is 4.98 Å². The van der Waals surface area contributed by atoms with Gasteiger partial charge in [-0.1, -0.05) is 6.92 Å². The van der Waals surface area contributed by atoms with Crippen molar-refractivity contribution in [3.63, 3.8) is 0 Å². The van der Waals surface area contributed by atoms with Crippen LogP contribution in [-0.2, 0) is 0 Å². The molecule has 1 rings (SSSR count). The first-order chi connectivity index (χ1) is 5.77. The predicted octanol–water partition coefficient (Wildman–Crippen LogP) is 0.623. The van der Waals surface area contributed by atoms with Crippen LogP contribution < -0.4 is 10.6 Å². The van der Waals surface area contributed by atoms with Crippen molar-refractivity contribution in [3.05, 3.63) is 0 Å². The monoisotopic (exact) mass is 169 g/mol. The zero-order valence-corrected chi connectivity index (χ0v) is 7.54. The Morgan fingerprint density at radius 1 is 1.50 bits per heavy atom. The van der Waals surface area contributed by atoms with Crippen LogP contribution >= 0.6 is 0 Å². The van der Waals surface area contributed by atoms with Gasteiger partial charge in [0.05, 0.1) is 0 Å². The summed E-state index contributed by atoms with van der Waals surface area (Å²) in [5.74, 6) is 1.07. The van der Waals surface area contributed by atoms with E-state index in [1.807, 2.05) is 0 Å². The van der Waals surface area contributed by atoms with Crippen LogP contribution in [0.1, 0.15) is 20.3 Å². The van der Waals surface area contributed by atoms with Crippen LogP contribution in [0.2, 0.25) is 0 Å². The van der Waals surface area contributed by atoms with Crippen LogP contribution in [-0.4, -0.2) is 28.3 Å². The lowest BCUT2D eigenvalue weighted by molar-refractivity contribution is 0.764. The number of aromatic amines is 1. The molecule has 0 aliphatic carbocycles. The number of aromatic nitrogens is 3. The molecule has 0 saturated heterocycles. The second-order valence-electron chi connectivity index (χ2n) is 2.60. The second-order valence-corrected chi connectivity index (χ2v) is 2.60. The fourth-order valence-corrected chi connectivity index (χ4v) is 1.08. The van der Waals surface area contributed by atoms with Gasteiger partial charge in [-0.3, -0.25) is 0 Å². The summed E-state index contributed by atoms with van der Waals surface area (Å²) < 4.78 is 0. The standard InChI is InChI=1S/C7H15N5/c1-3-5-12(4-2)7-9-6(8)10-11-7/h3-5H2,1-2H3,(H3,8,9,10,11). The summed E-state index contributed by atoms with van der Waals surface area (Å²) >= 11 is 0. The minimum atomic E-state index is 0.375. The van der Waals surface area contributed by atoms with Crippen LogP contribution in [0, 0.1) is 0 Å². The van der Waals surface area contributed by atoms with Crippen LogP contribution in [0.15, 0.2) is 0 Å². The molecule has 68 valence electrons. The summed E-state index contributed by atoms with van der Waals surface area (Å²) in [7, 11) is 0. The molecule has 0 radical (unpaired) electrons. The first kappa shape index (κ1) is 8.83. The third-order valence-corrected chi connectivity index (χ3v) is 1.65. The molecular weight excluding hydrogens is 154 g/mol. The molecule has 0 amide bonds. The maximum absolute atomic E-state index is 5.41. The Balaban J connectivity index is 2.66. The van der Waals surface area contributed by atoms with E-state index in [2.05, 4.69) is 33.9 Å². The normalized spacial score (nSPS) is 10.2. The average molecular weight is 169 g/mol. The van der Waals surface area contributed by atoms with Crippen LogP contribution in [0.25, 0.3) is 0 Å². The van der Waals surface area contributed by atoms with E-state index < -0.39 is 0 Å². The van der Waals surface area contributed by atoms with Crippen LogP contribution in [0.3, 0.4) is 0 Å². The summed E-state index contributed by atoms with van der Waals surface area (Å²) in [4.78, 5) is 6.11. The van der Waals surface area contributed by atoms with Crippen molar-refractivity contribution < 1.29 is 0 Å². The van der Waals surface area contributed by atoms with Gasteiger partial charge < -0.3 is 10.6 Å². The molecule has 0 aromatic carbocycles. The lowest BCUT2D eigenvalue weighted by atomic mass is 10.4. The van der Waals surface area contributed by atoms with Crippen molar-refractivity contribution in [2.24, 2.45) is 0 Å². The first-order valence-electron chi connectivity index (χ1n) is 4.20. The van der Waals surface area contributed by atoms with Gasteiger partial charge in [0, 0.05) is 13.1 Å². The highest BCUT2D eigenvalue weighted by Gasteiger charge is 2.07. The minimum Gasteiger partial charge on any atom is -0.368 e. The van der Waals surface area contributed by atoms with Gasteiger partial charge in [-0.05, 0) is 13.3 Å². The first-order valence-corrected chi connectivity index (χ1v) is 4.20. The number of hydrogen-bond acceptors (Lipinski definition) is 4. The highest BCUT2D eigenvalue weighted by Crippen LogP contribution is 2.07. The van der Waals surface area contributed by atoms with Gasteiger partial charge in [0.25, 0.3) is 0 Å². The summed E-state index contributed by atoms with van der Waals surface area (Å²) in [5, 5.41) is 6.59. The third-order valence-electron chi connectivity index (χ3n) is 1.65. The lowest BCUT2D eigenvalue weighted by Gasteiger charge is -2.16. The molecule has 0 fully saturated rings. The Bertz CT molecular complexity index is 231. The van der Waals surface area contributed by atoms with Gasteiger partial charge in [-0.25, -0.2) is 5.10 Å². The number of anilines is 2. The number of hydrogen-bond donors (Lipinski definition) is 2. The maximum Gasteiger partial charge on any atom is 0.246 e. The zero-order valence-electron chi connectivity index (χ0n) is 7.54. The smallest absolute Gasteiger partial charge is 0.246 e. The number of nitrogen functional groups attached to an aromatic ring is 1. The molecule has 1 aromatic rings. The number of nitrogens with one attached hydrogen (secondary N) is 1. The molecule has 0 spiro atoms. The van der Waals surface area contributed by atoms with Crippen molar-refractivity contribution in [2.45, 2.75) is 20.3 Å². The van der Waals surface area contributed by atoms with Crippen molar-refractivity contribution >= 4 is 11.9 Å². The van der Waals surface area contributed by atoms with Gasteiger partial charge in [-0.15, -0.1) is 5.10 Å². The lowest BCUT2D eigenvalue weighted by Crippen LogP contribution is -2.24. The minimum absolute atomic E-state index is 0.375. The molecule has 5 heteroatoms. The van der Waals surface area contributed by atoms with E-state index in [9.17, 15) is 0 Å². The van der Waals surface area contributed by atoms with Crippen molar-refractivity contribution in [3.8, 4) is 0 Å². The Kier molecular flexibility index (Phi) is 2.90. The fraction of sp³-hybridized carbons (Fsp3) is 0.714. The largest absolute Gasteiger partial charge is 0.368 e. The molecule has 1 aromatic heterocycles. The quantitative estimate of drug-likeness (QED) is 0.693. The number of rotatable bonds is 4. The van der Waals surface area contributed by atoms with Gasteiger partial charge in [0.1, 0.15) is 0 Å². The molecule has 12 heavy (non-hydrogen) atoms. The number of H-pyrrole nitrogens is 1. The Hall–Kier alpha value is -1.26. The molecule has 0 saturated carbocycles. The fourth-order valence-electron chi connectivity index (χ4n) is 1.08. The summed E-state index contributed by atoms with van der Waals surface area (Å²) in [6, 6.07) is 0. The van der Waals surface area contributed by atoms with E-state index in [0.717, 1.165) is 19.5 Å². The highest BCUT2D eigenvalue weighted by atomic mass is 15.4. The van der Waals surface area contributed by atoms with Crippen molar-refractivity contribution in [1.29, 1.82) is 0 Å². The molecule has 0 bridgehead atoms. The molecule has 0 aliphatic heterocycles. The van der Waals surface area contributed by atoms with E-state index in [-0.39, 0.29) is 0 Å². The molecule has 3 N–H and O–H groups in total. The maximum atomic E-state index is 5.41. The molecule has 5 nitrogen and oxygen atoms in total. The number of nitrogens with zero attached hydrogens (tertiary/aromatic N) is 3. The Morgan fingerprint density at radius 3 is 2.67 bits per heavy atom. The predicted molar refractivity (Wildman–Crippen MR) is 49.0 cm³/mol. The average Bonchev–Trinajstić information content (AvgIpc) is 2.47. The van der Waals surface area contributed by atoms with E-state index in [1.54, 1.807) is 0 Å². The van der Waals surface area contributed by atoms with Crippen molar-refractivity contribution in [2.75, 3.05) is 23.7 Å².